The number of carbonyl (C=O) groups is 2. The average molecular weight is 367 g/mol. The zero-order valence-electron chi connectivity index (χ0n) is 15.3. The van der Waals surface area contributed by atoms with Crippen LogP contribution < -0.4 is 15.5 Å². The summed E-state index contributed by atoms with van der Waals surface area (Å²) in [7, 11) is 0. The predicted molar refractivity (Wildman–Crippen MR) is 102 cm³/mol. The Labute approximate surface area is 158 Å². The maximum absolute atomic E-state index is 12.3. The van der Waals surface area contributed by atoms with Gasteiger partial charge in [-0.3, -0.25) is 9.59 Å². The van der Waals surface area contributed by atoms with Gasteiger partial charge >= 0.3 is 11.8 Å². The lowest BCUT2D eigenvalue weighted by atomic mass is 10.1. The molecule has 6 heteroatoms. The second-order valence-corrected chi connectivity index (χ2v) is 7.27. The molecule has 2 N–H and O–H groups in total. The minimum absolute atomic E-state index is 0.134. The van der Waals surface area contributed by atoms with Crippen LogP contribution in [-0.2, 0) is 16.0 Å². The number of rotatable bonds is 5. The summed E-state index contributed by atoms with van der Waals surface area (Å²) >= 11 is 0. The van der Waals surface area contributed by atoms with Crippen LogP contribution in [-0.4, -0.2) is 30.9 Å². The van der Waals surface area contributed by atoms with E-state index < -0.39 is 11.8 Å². The molecule has 27 heavy (non-hydrogen) atoms. The zero-order valence-corrected chi connectivity index (χ0v) is 15.3. The monoisotopic (exact) mass is 367 g/mol. The molecule has 1 aromatic carbocycles. The Kier molecular flexibility index (Phi) is 5.14. The molecular weight excluding hydrogens is 342 g/mol. The molecule has 1 saturated carbocycles. The van der Waals surface area contributed by atoms with Crippen molar-refractivity contribution in [3.63, 3.8) is 0 Å². The molecule has 142 valence electrons. The molecule has 2 aliphatic rings. The van der Waals surface area contributed by atoms with Crippen LogP contribution in [0.25, 0.3) is 0 Å². The van der Waals surface area contributed by atoms with Gasteiger partial charge in [0.25, 0.3) is 0 Å². The fraction of sp³-hybridized carbons (Fsp3) is 0.429. The summed E-state index contributed by atoms with van der Waals surface area (Å²) in [6.07, 6.45) is 6.74. The van der Waals surface area contributed by atoms with E-state index in [0.717, 1.165) is 50.1 Å². The first kappa shape index (κ1) is 17.6. The van der Waals surface area contributed by atoms with Crippen LogP contribution in [0.3, 0.4) is 0 Å². The summed E-state index contributed by atoms with van der Waals surface area (Å²) in [5, 5.41) is 5.63. The predicted octanol–water partition coefficient (Wildman–Crippen LogP) is 2.56. The number of nitrogens with zero attached hydrogens (tertiary/aromatic N) is 1. The van der Waals surface area contributed by atoms with E-state index in [9.17, 15) is 9.59 Å². The summed E-state index contributed by atoms with van der Waals surface area (Å²) in [5.74, 6) is -0.337. The Morgan fingerprint density at radius 1 is 1.11 bits per heavy atom. The Balaban J connectivity index is 1.43. The third-order valence-electron chi connectivity index (χ3n) is 5.52. The van der Waals surface area contributed by atoms with Crippen molar-refractivity contribution < 1.29 is 14.0 Å². The minimum Gasteiger partial charge on any atom is -0.467 e. The van der Waals surface area contributed by atoms with Gasteiger partial charge in [0.2, 0.25) is 0 Å². The Morgan fingerprint density at radius 2 is 1.93 bits per heavy atom. The second-order valence-electron chi connectivity index (χ2n) is 7.27. The minimum atomic E-state index is -0.578. The molecule has 1 aliphatic carbocycles. The Hall–Kier alpha value is -2.76. The van der Waals surface area contributed by atoms with Gasteiger partial charge < -0.3 is 20.0 Å². The smallest absolute Gasteiger partial charge is 0.309 e. The number of para-hydroxylation sites is 1. The molecule has 0 unspecified atom stereocenters. The largest absolute Gasteiger partial charge is 0.467 e. The van der Waals surface area contributed by atoms with E-state index in [-0.39, 0.29) is 12.1 Å². The van der Waals surface area contributed by atoms with Crippen molar-refractivity contribution in [1.29, 1.82) is 0 Å². The molecule has 0 radical (unpaired) electrons. The average Bonchev–Trinajstić information content (AvgIpc) is 3.44. The summed E-state index contributed by atoms with van der Waals surface area (Å²) in [6, 6.07) is 12.0. The lowest BCUT2D eigenvalue weighted by molar-refractivity contribution is -0.139. The van der Waals surface area contributed by atoms with Crippen LogP contribution >= 0.6 is 0 Å². The highest BCUT2D eigenvalue weighted by atomic mass is 16.3. The van der Waals surface area contributed by atoms with E-state index in [0.29, 0.717) is 6.54 Å². The van der Waals surface area contributed by atoms with Crippen LogP contribution in [0.1, 0.15) is 43.0 Å². The highest BCUT2D eigenvalue weighted by Gasteiger charge is 2.30. The van der Waals surface area contributed by atoms with Gasteiger partial charge in [-0.2, -0.15) is 0 Å². The first-order chi connectivity index (χ1) is 13.2. The lowest BCUT2D eigenvalue weighted by Crippen LogP contribution is -2.46. The van der Waals surface area contributed by atoms with Gasteiger partial charge in [-0.1, -0.05) is 31.0 Å². The van der Waals surface area contributed by atoms with Gasteiger partial charge in [-0.25, -0.2) is 0 Å². The topological polar surface area (TPSA) is 74.6 Å². The molecule has 4 rings (SSSR count). The molecule has 0 saturated heterocycles. The molecule has 1 aromatic heterocycles. The summed E-state index contributed by atoms with van der Waals surface area (Å²) in [4.78, 5) is 26.7. The fourth-order valence-corrected chi connectivity index (χ4v) is 4.12. The van der Waals surface area contributed by atoms with Crippen molar-refractivity contribution in [2.75, 3.05) is 18.0 Å². The van der Waals surface area contributed by atoms with Crippen LogP contribution in [0.2, 0.25) is 0 Å². The van der Waals surface area contributed by atoms with Crippen molar-refractivity contribution >= 4 is 17.5 Å². The third-order valence-corrected chi connectivity index (χ3v) is 5.52. The van der Waals surface area contributed by atoms with E-state index >= 15 is 0 Å². The van der Waals surface area contributed by atoms with Crippen LogP contribution in [0, 0.1) is 0 Å². The van der Waals surface area contributed by atoms with E-state index in [1.54, 1.807) is 6.26 Å². The maximum atomic E-state index is 12.3. The van der Waals surface area contributed by atoms with E-state index in [1.165, 1.54) is 5.56 Å². The number of furan rings is 1. The lowest BCUT2D eigenvalue weighted by Gasteiger charge is -2.29. The first-order valence-corrected chi connectivity index (χ1v) is 9.69. The van der Waals surface area contributed by atoms with E-state index in [2.05, 4.69) is 27.7 Å². The number of benzene rings is 1. The van der Waals surface area contributed by atoms with Gasteiger partial charge in [0, 0.05) is 24.8 Å². The van der Waals surface area contributed by atoms with E-state index in [1.807, 2.05) is 24.3 Å². The van der Waals surface area contributed by atoms with Gasteiger partial charge in [-0.15, -0.1) is 0 Å². The van der Waals surface area contributed by atoms with Gasteiger partial charge in [-0.05, 0) is 43.0 Å². The van der Waals surface area contributed by atoms with Crippen molar-refractivity contribution in [2.45, 2.75) is 44.2 Å². The number of nitrogens with one attached hydrogen (secondary N) is 2. The van der Waals surface area contributed by atoms with Crippen LogP contribution in [0.5, 0.6) is 0 Å². The first-order valence-electron chi connectivity index (χ1n) is 9.69. The molecule has 6 nitrogen and oxygen atoms in total. The number of anilines is 1. The molecule has 1 atom stereocenters. The summed E-state index contributed by atoms with van der Waals surface area (Å²) in [6.45, 7) is 1.17. The maximum Gasteiger partial charge on any atom is 0.309 e. The summed E-state index contributed by atoms with van der Waals surface area (Å²) < 4.78 is 5.63. The standard InChI is InChI=1S/C21H25N3O3/c25-20(21(26)23-16-7-2-3-8-16)22-14-18(19-10-5-13-27-19)24-12-11-15-6-1-4-9-17(15)24/h1,4-6,9-10,13,16,18H,2-3,7-8,11-12,14H2,(H,22,25)(H,23,26)/t18-/m1/s1. The molecule has 1 aliphatic heterocycles. The van der Waals surface area contributed by atoms with Gasteiger partial charge in [0.15, 0.2) is 0 Å². The molecule has 0 spiro atoms. The highest BCUT2D eigenvalue weighted by Crippen LogP contribution is 2.34. The quantitative estimate of drug-likeness (QED) is 0.797. The molecule has 2 amide bonds. The van der Waals surface area contributed by atoms with Crippen LogP contribution in [0.4, 0.5) is 5.69 Å². The number of amides is 2. The zero-order chi connectivity index (χ0) is 18.6. The van der Waals surface area contributed by atoms with Crippen molar-refractivity contribution in [1.82, 2.24) is 10.6 Å². The number of carbonyl (C=O) groups excluding carboxylic acids is 2. The molecular formula is C21H25N3O3. The van der Waals surface area contributed by atoms with Crippen molar-refractivity contribution in [3.05, 3.63) is 54.0 Å². The van der Waals surface area contributed by atoms with Crippen molar-refractivity contribution in [3.8, 4) is 0 Å². The molecule has 0 bridgehead atoms. The molecule has 1 fully saturated rings. The fourth-order valence-electron chi connectivity index (χ4n) is 4.12. The Bertz CT molecular complexity index is 797. The number of fused-ring (bicyclic) bond motifs is 1. The number of hydrogen-bond acceptors (Lipinski definition) is 4. The second kappa shape index (κ2) is 7.86. The molecule has 2 aromatic rings. The highest BCUT2D eigenvalue weighted by molar-refractivity contribution is 6.35. The van der Waals surface area contributed by atoms with Gasteiger partial charge in [0.1, 0.15) is 11.8 Å². The Morgan fingerprint density at radius 3 is 2.70 bits per heavy atom. The van der Waals surface area contributed by atoms with Crippen LogP contribution in [0.15, 0.2) is 47.1 Å². The number of hydrogen-bond donors (Lipinski definition) is 2. The molecule has 2 heterocycles. The third kappa shape index (κ3) is 3.84. The van der Waals surface area contributed by atoms with Gasteiger partial charge in [0.05, 0.1) is 6.26 Å². The SMILES string of the molecule is O=C(NC[C@H](c1ccco1)N1CCc2ccccc21)C(=O)NC1CCCC1. The van der Waals surface area contributed by atoms with E-state index in [4.69, 9.17) is 4.42 Å². The summed E-state index contributed by atoms with van der Waals surface area (Å²) in [5.41, 5.74) is 2.45. The van der Waals surface area contributed by atoms with Crippen molar-refractivity contribution in [2.24, 2.45) is 0 Å². The normalized spacial score (nSPS) is 17.6.